The van der Waals surface area contributed by atoms with E-state index in [9.17, 15) is 18.4 Å². The molecule has 0 N–H and O–H groups in total. The summed E-state index contributed by atoms with van der Waals surface area (Å²) in [4.78, 5) is 21.9. The first kappa shape index (κ1) is 12.3. The van der Waals surface area contributed by atoms with E-state index in [0.717, 1.165) is 0 Å². The highest BCUT2D eigenvalue weighted by Gasteiger charge is 2.15. The summed E-state index contributed by atoms with van der Waals surface area (Å²) >= 11 is 0. The van der Waals surface area contributed by atoms with Gasteiger partial charge in [-0.15, -0.1) is 0 Å². The zero-order chi connectivity index (χ0) is 12.1. The molecule has 1 aromatic rings. The highest BCUT2D eigenvalue weighted by atomic mass is 19.3. The van der Waals surface area contributed by atoms with Crippen molar-refractivity contribution in [2.45, 2.75) is 20.0 Å². The Kier molecular flexibility index (Phi) is 4.10. The molecule has 16 heavy (non-hydrogen) atoms. The van der Waals surface area contributed by atoms with E-state index in [4.69, 9.17) is 0 Å². The lowest BCUT2D eigenvalue weighted by atomic mass is 10.0. The largest absolute Gasteiger partial charge is 0.434 e. The van der Waals surface area contributed by atoms with E-state index in [1.54, 1.807) is 6.92 Å². The highest BCUT2D eigenvalue weighted by Crippen LogP contribution is 2.23. The van der Waals surface area contributed by atoms with Crippen LogP contribution in [-0.4, -0.2) is 18.7 Å². The molecule has 0 fully saturated rings. The Balaban J connectivity index is 3.15. The number of carbonyl (C=O) groups excluding carboxylic acids is 2. The maximum Gasteiger partial charge on any atom is 0.387 e. The Hall–Kier alpha value is -1.78. The Labute approximate surface area is 91.0 Å². The number of hydrogen-bond acceptors (Lipinski definition) is 3. The monoisotopic (exact) mass is 228 g/mol. The number of Topliss-reactive ketones (excluding diaryl/α,β-unsaturated/α-hetero) is 1. The van der Waals surface area contributed by atoms with Gasteiger partial charge < -0.3 is 4.74 Å². The highest BCUT2D eigenvalue weighted by molar-refractivity contribution is 5.99. The van der Waals surface area contributed by atoms with Crippen LogP contribution < -0.4 is 4.74 Å². The Morgan fingerprint density at radius 2 is 2.19 bits per heavy atom. The summed E-state index contributed by atoms with van der Waals surface area (Å²) in [5, 5.41) is 0. The second kappa shape index (κ2) is 5.34. The van der Waals surface area contributed by atoms with E-state index < -0.39 is 6.61 Å². The molecule has 0 atom stereocenters. The number of ketones is 1. The fourth-order valence-corrected chi connectivity index (χ4v) is 1.23. The Morgan fingerprint density at radius 1 is 1.50 bits per heavy atom. The summed E-state index contributed by atoms with van der Waals surface area (Å²) in [6.45, 7) is -1.40. The molecule has 0 heterocycles. The molecule has 0 amide bonds. The zero-order valence-electron chi connectivity index (χ0n) is 8.57. The third-order valence-corrected chi connectivity index (χ3v) is 1.98. The molecule has 0 saturated heterocycles. The molecule has 3 nitrogen and oxygen atoms in total. The molecule has 1 rings (SSSR count). The summed E-state index contributed by atoms with van der Waals surface area (Å²) in [5.41, 5.74) is 0.255. The first-order valence-corrected chi connectivity index (χ1v) is 4.65. The van der Waals surface area contributed by atoms with E-state index in [1.165, 1.54) is 18.2 Å². The van der Waals surface area contributed by atoms with Crippen LogP contribution >= 0.6 is 0 Å². The first-order chi connectivity index (χ1) is 7.58. The van der Waals surface area contributed by atoms with Gasteiger partial charge >= 0.3 is 6.61 Å². The molecular formula is C11H10F2O3. The molecule has 0 aromatic heterocycles. The summed E-state index contributed by atoms with van der Waals surface area (Å²) in [7, 11) is 0. The van der Waals surface area contributed by atoms with Crippen molar-refractivity contribution in [2.24, 2.45) is 0 Å². The second-order valence-electron chi connectivity index (χ2n) is 3.03. The maximum absolute atomic E-state index is 12.0. The fraction of sp³-hybridized carbons (Fsp3) is 0.273. The fourth-order valence-electron chi connectivity index (χ4n) is 1.23. The van der Waals surface area contributed by atoms with Crippen LogP contribution in [0.3, 0.4) is 0 Å². The number of aldehydes is 1. The van der Waals surface area contributed by atoms with Crippen LogP contribution in [0.2, 0.25) is 0 Å². The lowest BCUT2D eigenvalue weighted by Crippen LogP contribution is -2.08. The minimum Gasteiger partial charge on any atom is -0.434 e. The molecule has 86 valence electrons. The number of hydrogen-bond donors (Lipinski definition) is 0. The normalized spacial score (nSPS) is 10.2. The van der Waals surface area contributed by atoms with Crippen molar-refractivity contribution in [3.8, 4) is 5.75 Å². The topological polar surface area (TPSA) is 43.4 Å². The van der Waals surface area contributed by atoms with E-state index in [2.05, 4.69) is 4.74 Å². The third-order valence-electron chi connectivity index (χ3n) is 1.98. The van der Waals surface area contributed by atoms with Crippen molar-refractivity contribution in [1.29, 1.82) is 0 Å². The summed E-state index contributed by atoms with van der Waals surface area (Å²) in [6.07, 6.45) is 0.695. The second-order valence-corrected chi connectivity index (χ2v) is 3.03. The number of ether oxygens (including phenoxy) is 1. The molecule has 0 aliphatic rings. The standard InChI is InChI=1S/C11H10F2O3/c1-2-9(15)8-5-7(6-14)3-4-10(8)16-11(12)13/h3-6,11H,2H2,1H3. The molecular weight excluding hydrogens is 218 g/mol. The van der Waals surface area contributed by atoms with Crippen LogP contribution in [-0.2, 0) is 0 Å². The van der Waals surface area contributed by atoms with Crippen molar-refractivity contribution in [3.63, 3.8) is 0 Å². The number of carbonyl (C=O) groups is 2. The van der Waals surface area contributed by atoms with Gasteiger partial charge in [-0.25, -0.2) is 0 Å². The van der Waals surface area contributed by atoms with Crippen molar-refractivity contribution in [1.82, 2.24) is 0 Å². The van der Waals surface area contributed by atoms with Gasteiger partial charge in [0.25, 0.3) is 0 Å². The lowest BCUT2D eigenvalue weighted by molar-refractivity contribution is -0.0501. The molecule has 0 aliphatic heterocycles. The van der Waals surface area contributed by atoms with Gasteiger partial charge in [0.05, 0.1) is 5.56 Å². The van der Waals surface area contributed by atoms with E-state index >= 15 is 0 Å². The number of halogens is 2. The molecule has 0 spiro atoms. The predicted molar refractivity (Wildman–Crippen MR) is 53.1 cm³/mol. The van der Waals surface area contributed by atoms with Crippen LogP contribution in [0.5, 0.6) is 5.75 Å². The number of benzene rings is 1. The van der Waals surface area contributed by atoms with Gasteiger partial charge in [0.2, 0.25) is 0 Å². The Bertz CT molecular complexity index is 402. The molecule has 0 radical (unpaired) electrons. The minimum absolute atomic E-state index is 0.00685. The zero-order valence-corrected chi connectivity index (χ0v) is 8.57. The molecule has 0 saturated carbocycles. The number of rotatable bonds is 5. The summed E-state index contributed by atoms with van der Waals surface area (Å²) in [6, 6.07) is 3.76. The van der Waals surface area contributed by atoms with Gasteiger partial charge in [0.15, 0.2) is 5.78 Å². The van der Waals surface area contributed by atoms with E-state index in [1.807, 2.05) is 0 Å². The smallest absolute Gasteiger partial charge is 0.387 e. The van der Waals surface area contributed by atoms with Gasteiger partial charge in [0, 0.05) is 12.0 Å². The van der Waals surface area contributed by atoms with E-state index in [0.29, 0.717) is 6.29 Å². The summed E-state index contributed by atoms with van der Waals surface area (Å²) in [5.74, 6) is -0.549. The predicted octanol–water partition coefficient (Wildman–Crippen LogP) is 2.69. The van der Waals surface area contributed by atoms with Crippen LogP contribution in [0.15, 0.2) is 18.2 Å². The van der Waals surface area contributed by atoms with E-state index in [-0.39, 0.29) is 29.1 Å². The molecule has 0 bridgehead atoms. The average Bonchev–Trinajstić information content (AvgIpc) is 2.28. The average molecular weight is 228 g/mol. The van der Waals surface area contributed by atoms with Crippen molar-refractivity contribution < 1.29 is 23.1 Å². The Morgan fingerprint density at radius 3 is 2.69 bits per heavy atom. The van der Waals surface area contributed by atoms with Gasteiger partial charge in [-0.3, -0.25) is 9.59 Å². The van der Waals surface area contributed by atoms with Gasteiger partial charge in [-0.05, 0) is 18.2 Å². The van der Waals surface area contributed by atoms with Gasteiger partial charge in [-0.2, -0.15) is 8.78 Å². The van der Waals surface area contributed by atoms with Crippen molar-refractivity contribution in [2.75, 3.05) is 0 Å². The minimum atomic E-state index is -2.99. The number of alkyl halides is 2. The lowest BCUT2D eigenvalue weighted by Gasteiger charge is -2.09. The van der Waals surface area contributed by atoms with Crippen LogP contribution in [0, 0.1) is 0 Å². The van der Waals surface area contributed by atoms with Crippen LogP contribution in [0.1, 0.15) is 34.1 Å². The SMILES string of the molecule is CCC(=O)c1cc(C=O)ccc1OC(F)F. The van der Waals surface area contributed by atoms with Crippen molar-refractivity contribution in [3.05, 3.63) is 29.3 Å². The first-order valence-electron chi connectivity index (χ1n) is 4.65. The molecule has 0 aliphatic carbocycles. The quantitative estimate of drug-likeness (QED) is 0.574. The third kappa shape index (κ3) is 2.85. The van der Waals surface area contributed by atoms with Gasteiger partial charge in [-0.1, -0.05) is 6.92 Å². The van der Waals surface area contributed by atoms with Crippen molar-refractivity contribution >= 4 is 12.1 Å². The summed E-state index contributed by atoms with van der Waals surface area (Å²) < 4.78 is 28.3. The maximum atomic E-state index is 12.0. The van der Waals surface area contributed by atoms with Gasteiger partial charge in [0.1, 0.15) is 12.0 Å². The van der Waals surface area contributed by atoms with Crippen LogP contribution in [0.25, 0.3) is 0 Å². The molecule has 5 heteroatoms. The molecule has 0 unspecified atom stereocenters. The van der Waals surface area contributed by atoms with Crippen LogP contribution in [0.4, 0.5) is 8.78 Å². The molecule has 1 aromatic carbocycles.